The van der Waals surface area contributed by atoms with Gasteiger partial charge in [0.05, 0.1) is 6.54 Å². The maximum absolute atomic E-state index is 12.4. The number of aromatic nitrogens is 4. The lowest BCUT2D eigenvalue weighted by Crippen LogP contribution is -2.43. The molecule has 0 spiro atoms. The predicted octanol–water partition coefficient (Wildman–Crippen LogP) is 2.20. The lowest BCUT2D eigenvalue weighted by atomic mass is 9.97. The number of carbonyl (C=O) groups is 1. The molecule has 0 radical (unpaired) electrons. The molecule has 1 unspecified atom stereocenters. The molecule has 0 bridgehead atoms. The standard InChI is InChI=1S/C20H29N7O/c1-13-9-14(2)23-20(22-13)25-17-10-15(3)21-19(24-17)16-7-6-8-27(11-16)18(28)12-26(4)5/h9-10,16H,6-8,11-12H2,1-5H3,(H,21,22,23,24,25). The van der Waals surface area contributed by atoms with Crippen molar-refractivity contribution < 1.29 is 4.79 Å². The van der Waals surface area contributed by atoms with Crippen molar-refractivity contribution in [3.8, 4) is 0 Å². The van der Waals surface area contributed by atoms with E-state index in [4.69, 9.17) is 4.98 Å². The maximum atomic E-state index is 12.4. The second-order valence-electron chi connectivity index (χ2n) is 7.77. The quantitative estimate of drug-likeness (QED) is 0.847. The van der Waals surface area contributed by atoms with Crippen molar-refractivity contribution in [3.63, 3.8) is 0 Å². The van der Waals surface area contributed by atoms with Gasteiger partial charge >= 0.3 is 0 Å². The third kappa shape index (κ3) is 5.22. The Morgan fingerprint density at radius 3 is 2.46 bits per heavy atom. The summed E-state index contributed by atoms with van der Waals surface area (Å²) in [5.74, 6) is 2.29. The van der Waals surface area contributed by atoms with Gasteiger partial charge in [-0.25, -0.2) is 19.9 Å². The van der Waals surface area contributed by atoms with Gasteiger partial charge in [-0.3, -0.25) is 4.79 Å². The number of carbonyl (C=O) groups excluding carboxylic acids is 1. The van der Waals surface area contributed by atoms with E-state index in [-0.39, 0.29) is 11.8 Å². The molecule has 2 aromatic heterocycles. The highest BCUT2D eigenvalue weighted by Gasteiger charge is 2.27. The van der Waals surface area contributed by atoms with Gasteiger partial charge in [-0.15, -0.1) is 0 Å². The molecule has 8 nitrogen and oxygen atoms in total. The summed E-state index contributed by atoms with van der Waals surface area (Å²) < 4.78 is 0. The molecular formula is C20H29N7O. The Kier molecular flexibility index (Phi) is 6.18. The van der Waals surface area contributed by atoms with Crippen LogP contribution < -0.4 is 5.32 Å². The number of nitrogens with one attached hydrogen (secondary N) is 1. The summed E-state index contributed by atoms with van der Waals surface area (Å²) in [5.41, 5.74) is 2.69. The fourth-order valence-corrected chi connectivity index (χ4v) is 3.52. The van der Waals surface area contributed by atoms with Crippen molar-refractivity contribution in [1.82, 2.24) is 29.7 Å². The number of likely N-dealkylation sites (N-methyl/N-ethyl adjacent to an activating group) is 1. The topological polar surface area (TPSA) is 87.1 Å². The summed E-state index contributed by atoms with van der Waals surface area (Å²) in [6.07, 6.45) is 1.94. The molecule has 28 heavy (non-hydrogen) atoms. The Morgan fingerprint density at radius 2 is 1.79 bits per heavy atom. The summed E-state index contributed by atoms with van der Waals surface area (Å²) in [6, 6.07) is 3.82. The van der Waals surface area contributed by atoms with Crippen molar-refractivity contribution in [3.05, 3.63) is 35.0 Å². The van der Waals surface area contributed by atoms with Gasteiger partial charge in [0.1, 0.15) is 11.6 Å². The van der Waals surface area contributed by atoms with Crippen LogP contribution in [0.1, 0.15) is 41.7 Å². The Labute approximate surface area is 166 Å². The number of hydrogen-bond donors (Lipinski definition) is 1. The molecule has 3 heterocycles. The van der Waals surface area contributed by atoms with Crippen LogP contribution in [0.5, 0.6) is 0 Å². The van der Waals surface area contributed by atoms with Crippen LogP contribution in [0.25, 0.3) is 0 Å². The van der Waals surface area contributed by atoms with E-state index in [0.29, 0.717) is 24.9 Å². The van der Waals surface area contributed by atoms with Gasteiger partial charge < -0.3 is 15.1 Å². The number of piperidine rings is 1. The number of likely N-dealkylation sites (tertiary alicyclic amines) is 1. The lowest BCUT2D eigenvalue weighted by Gasteiger charge is -2.33. The summed E-state index contributed by atoms with van der Waals surface area (Å²) in [5, 5.41) is 3.21. The first-order valence-electron chi connectivity index (χ1n) is 9.67. The van der Waals surface area contributed by atoms with Crippen LogP contribution >= 0.6 is 0 Å². The molecule has 0 aromatic carbocycles. The minimum Gasteiger partial charge on any atom is -0.341 e. The Bertz CT molecular complexity index is 832. The average molecular weight is 384 g/mol. The summed E-state index contributed by atoms with van der Waals surface area (Å²) in [6.45, 7) is 7.73. The van der Waals surface area contributed by atoms with Crippen LogP contribution in [0.4, 0.5) is 11.8 Å². The molecule has 1 aliphatic heterocycles. The highest BCUT2D eigenvalue weighted by atomic mass is 16.2. The van der Waals surface area contributed by atoms with E-state index in [9.17, 15) is 4.79 Å². The van der Waals surface area contributed by atoms with Crippen molar-refractivity contribution in [2.75, 3.05) is 39.0 Å². The zero-order valence-electron chi connectivity index (χ0n) is 17.4. The van der Waals surface area contributed by atoms with Crippen LogP contribution in [0, 0.1) is 20.8 Å². The zero-order chi connectivity index (χ0) is 20.3. The number of hydrogen-bond acceptors (Lipinski definition) is 7. The fraction of sp³-hybridized carbons (Fsp3) is 0.550. The van der Waals surface area contributed by atoms with Gasteiger partial charge in [0.25, 0.3) is 0 Å². The molecule has 1 saturated heterocycles. The minimum atomic E-state index is 0.139. The largest absolute Gasteiger partial charge is 0.341 e. The molecule has 150 valence electrons. The SMILES string of the molecule is Cc1cc(C)nc(Nc2cc(C)nc(C3CCCN(C(=O)CN(C)C)C3)n2)n1. The fourth-order valence-electron chi connectivity index (χ4n) is 3.52. The van der Waals surface area contributed by atoms with E-state index in [2.05, 4.69) is 20.3 Å². The van der Waals surface area contributed by atoms with Gasteiger partial charge in [0.2, 0.25) is 11.9 Å². The molecule has 3 rings (SSSR count). The molecule has 2 aromatic rings. The number of rotatable bonds is 5. The van der Waals surface area contributed by atoms with Crippen molar-refractivity contribution in [1.29, 1.82) is 0 Å². The smallest absolute Gasteiger partial charge is 0.236 e. The molecule has 0 saturated carbocycles. The lowest BCUT2D eigenvalue weighted by molar-refractivity contribution is -0.133. The first kappa shape index (κ1) is 20.1. The summed E-state index contributed by atoms with van der Waals surface area (Å²) in [4.78, 5) is 34.5. The molecule has 1 aliphatic rings. The van der Waals surface area contributed by atoms with Crippen LogP contribution in [0.2, 0.25) is 0 Å². The highest BCUT2D eigenvalue weighted by molar-refractivity contribution is 5.78. The third-order valence-electron chi connectivity index (χ3n) is 4.68. The molecule has 1 amide bonds. The van der Waals surface area contributed by atoms with Crippen molar-refractivity contribution in [2.24, 2.45) is 0 Å². The second kappa shape index (κ2) is 8.60. The predicted molar refractivity (Wildman–Crippen MR) is 109 cm³/mol. The number of nitrogens with zero attached hydrogens (tertiary/aromatic N) is 6. The molecule has 8 heteroatoms. The first-order valence-corrected chi connectivity index (χ1v) is 9.67. The Hall–Kier alpha value is -2.61. The van der Waals surface area contributed by atoms with Gasteiger partial charge in [0.15, 0.2) is 0 Å². The first-order chi connectivity index (χ1) is 13.3. The second-order valence-corrected chi connectivity index (χ2v) is 7.77. The average Bonchev–Trinajstić information content (AvgIpc) is 2.60. The summed E-state index contributed by atoms with van der Waals surface area (Å²) in [7, 11) is 3.83. The van der Waals surface area contributed by atoms with E-state index in [0.717, 1.165) is 42.3 Å². The number of amides is 1. The molecule has 1 atom stereocenters. The zero-order valence-corrected chi connectivity index (χ0v) is 17.4. The normalized spacial score (nSPS) is 17.1. The van der Waals surface area contributed by atoms with Crippen LogP contribution in [0.3, 0.4) is 0 Å². The van der Waals surface area contributed by atoms with Gasteiger partial charge in [-0.2, -0.15) is 0 Å². The number of aryl methyl sites for hydroxylation is 3. The van der Waals surface area contributed by atoms with Crippen molar-refractivity contribution >= 4 is 17.7 Å². The van der Waals surface area contributed by atoms with Gasteiger partial charge in [-0.05, 0) is 53.8 Å². The minimum absolute atomic E-state index is 0.139. The van der Waals surface area contributed by atoms with E-state index in [1.165, 1.54) is 0 Å². The van der Waals surface area contributed by atoms with Crippen LogP contribution in [0.15, 0.2) is 12.1 Å². The molecular weight excluding hydrogens is 354 g/mol. The number of anilines is 2. The Balaban J connectivity index is 1.77. The molecule has 1 N–H and O–H groups in total. The third-order valence-corrected chi connectivity index (χ3v) is 4.68. The van der Waals surface area contributed by atoms with Crippen molar-refractivity contribution in [2.45, 2.75) is 39.5 Å². The summed E-state index contributed by atoms with van der Waals surface area (Å²) >= 11 is 0. The Morgan fingerprint density at radius 1 is 1.11 bits per heavy atom. The monoisotopic (exact) mass is 383 g/mol. The van der Waals surface area contributed by atoms with Gasteiger partial charge in [0, 0.05) is 42.2 Å². The molecule has 0 aliphatic carbocycles. The van der Waals surface area contributed by atoms with E-state index in [1.54, 1.807) is 0 Å². The van der Waals surface area contributed by atoms with Crippen LogP contribution in [-0.2, 0) is 4.79 Å². The maximum Gasteiger partial charge on any atom is 0.236 e. The van der Waals surface area contributed by atoms with Gasteiger partial charge in [-0.1, -0.05) is 0 Å². The molecule has 1 fully saturated rings. The van der Waals surface area contributed by atoms with E-state index < -0.39 is 0 Å². The van der Waals surface area contributed by atoms with E-state index in [1.807, 2.05) is 56.8 Å². The van der Waals surface area contributed by atoms with Crippen LogP contribution in [-0.4, -0.2) is 69.4 Å². The van der Waals surface area contributed by atoms with E-state index >= 15 is 0 Å². The highest BCUT2D eigenvalue weighted by Crippen LogP contribution is 2.26.